The molecule has 2 N–H and O–H groups in total. The predicted molar refractivity (Wildman–Crippen MR) is 118 cm³/mol. The van der Waals surface area contributed by atoms with Gasteiger partial charge in [0.1, 0.15) is 5.60 Å². The number of hydrogen-bond acceptors (Lipinski definition) is 8. The summed E-state index contributed by atoms with van der Waals surface area (Å²) in [5.41, 5.74) is -8.41. The van der Waals surface area contributed by atoms with Crippen LogP contribution in [0.2, 0.25) is 0 Å². The molecular formula is C26H34O8. The SMILES string of the molecule is C=C1[C@@]2(C)C[C@H]3[C@]4(C)[C@H](O)[C@@H]5C[C@@](C)(OC5=O)[C@H]4CC[C@]3(C)[C@]1(C(=O)OC)C(=O)[C@@](C)(O)C2=O. The minimum absolute atomic E-state index is 0.154. The second kappa shape index (κ2) is 6.19. The Morgan fingerprint density at radius 1 is 1.06 bits per heavy atom. The van der Waals surface area contributed by atoms with Crippen LogP contribution in [-0.4, -0.2) is 58.1 Å². The van der Waals surface area contributed by atoms with Crippen molar-refractivity contribution in [3.05, 3.63) is 12.2 Å². The molecule has 8 heteroatoms. The highest BCUT2D eigenvalue weighted by atomic mass is 16.6. The van der Waals surface area contributed by atoms with E-state index in [-0.39, 0.29) is 17.9 Å². The van der Waals surface area contributed by atoms with Gasteiger partial charge < -0.3 is 19.7 Å². The van der Waals surface area contributed by atoms with Gasteiger partial charge in [0.2, 0.25) is 0 Å². The van der Waals surface area contributed by atoms with E-state index in [1.54, 1.807) is 6.92 Å². The lowest BCUT2D eigenvalue weighted by molar-refractivity contribution is -0.247. The van der Waals surface area contributed by atoms with E-state index in [9.17, 15) is 29.4 Å². The Kier molecular flexibility index (Phi) is 4.31. The standard InChI is InChI=1S/C26H34O8/c1-12-21(2)11-15-22(3,26(12,20(31)33-7)19(30)25(6,32)18(21)29)9-8-14-23(4)10-13(17(28)34-23)16(27)24(14,15)5/h13-16,27,32H,1,8-11H2,2-7H3/t13-,14+,15+,16+,21+,22-,23+,24+,25-,26-/m0/s1. The van der Waals surface area contributed by atoms with Gasteiger partial charge in [-0.2, -0.15) is 0 Å². The number of carbonyl (C=O) groups is 4. The van der Waals surface area contributed by atoms with Crippen molar-refractivity contribution >= 4 is 23.5 Å². The number of esters is 2. The second-order valence-electron chi connectivity index (χ2n) is 12.4. The molecule has 5 fully saturated rings. The van der Waals surface area contributed by atoms with Gasteiger partial charge in [-0.25, -0.2) is 0 Å². The average Bonchev–Trinajstić information content (AvgIpc) is 3.05. The van der Waals surface area contributed by atoms with Crippen LogP contribution in [0, 0.1) is 39.4 Å². The molecule has 34 heavy (non-hydrogen) atoms. The topological polar surface area (TPSA) is 127 Å². The maximum absolute atomic E-state index is 14.0. The number of hydrogen-bond donors (Lipinski definition) is 2. The van der Waals surface area contributed by atoms with E-state index in [4.69, 9.17) is 9.47 Å². The van der Waals surface area contributed by atoms with E-state index in [0.717, 1.165) is 6.92 Å². The Labute approximate surface area is 199 Å². The molecule has 1 saturated heterocycles. The number of Topliss-reactive ketones (excluding diaryl/α,β-unsaturated/α-hetero) is 2. The van der Waals surface area contributed by atoms with Crippen molar-refractivity contribution < 1.29 is 38.9 Å². The molecule has 1 aliphatic heterocycles. The van der Waals surface area contributed by atoms with Gasteiger partial charge in [-0.15, -0.1) is 0 Å². The molecule has 0 aromatic heterocycles. The van der Waals surface area contributed by atoms with Gasteiger partial charge in [-0.05, 0) is 56.9 Å². The number of rotatable bonds is 1. The van der Waals surface area contributed by atoms with Gasteiger partial charge >= 0.3 is 11.9 Å². The molecule has 4 saturated carbocycles. The van der Waals surface area contributed by atoms with E-state index >= 15 is 0 Å². The van der Waals surface area contributed by atoms with Crippen LogP contribution in [-0.2, 0) is 28.7 Å². The lowest BCUT2D eigenvalue weighted by Crippen LogP contribution is -2.78. The normalized spacial score (nSPS) is 55.9. The van der Waals surface area contributed by atoms with Crippen LogP contribution >= 0.6 is 0 Å². The zero-order valence-electron chi connectivity index (χ0n) is 20.7. The first-order valence-corrected chi connectivity index (χ1v) is 12.0. The number of ether oxygens (including phenoxy) is 2. The van der Waals surface area contributed by atoms with E-state index < -0.39 is 74.3 Å². The van der Waals surface area contributed by atoms with Crippen LogP contribution in [0.15, 0.2) is 12.2 Å². The molecule has 0 amide bonds. The molecule has 0 spiro atoms. The third kappa shape index (κ3) is 2.07. The van der Waals surface area contributed by atoms with E-state index in [2.05, 4.69) is 6.58 Å². The summed E-state index contributed by atoms with van der Waals surface area (Å²) in [5, 5.41) is 22.8. The van der Waals surface area contributed by atoms with Crippen LogP contribution in [0.4, 0.5) is 0 Å². The van der Waals surface area contributed by atoms with Gasteiger partial charge in [0.05, 0.1) is 24.5 Å². The molecule has 0 aromatic carbocycles. The number of ketones is 2. The first-order valence-electron chi connectivity index (χ1n) is 12.0. The van der Waals surface area contributed by atoms with Gasteiger partial charge in [-0.1, -0.05) is 20.4 Å². The smallest absolute Gasteiger partial charge is 0.324 e. The first-order chi connectivity index (χ1) is 15.5. The largest absolute Gasteiger partial charge is 0.468 e. The zero-order valence-corrected chi connectivity index (χ0v) is 20.7. The molecule has 10 atom stereocenters. The van der Waals surface area contributed by atoms with E-state index in [1.165, 1.54) is 7.11 Å². The summed E-state index contributed by atoms with van der Waals surface area (Å²) in [6, 6.07) is 0. The molecule has 5 rings (SSSR count). The number of methoxy groups -OCH3 is 1. The molecular weight excluding hydrogens is 440 g/mol. The summed E-state index contributed by atoms with van der Waals surface area (Å²) >= 11 is 0. The molecule has 0 radical (unpaired) electrons. The molecule has 0 aromatic rings. The summed E-state index contributed by atoms with van der Waals surface area (Å²) in [6.45, 7) is 12.5. The highest BCUT2D eigenvalue weighted by molar-refractivity contribution is 6.26. The van der Waals surface area contributed by atoms with Gasteiger partial charge in [-0.3, -0.25) is 19.2 Å². The molecule has 8 nitrogen and oxygen atoms in total. The fourth-order valence-corrected chi connectivity index (χ4v) is 9.41. The van der Waals surface area contributed by atoms with Crippen molar-refractivity contribution in [2.75, 3.05) is 7.11 Å². The number of fused-ring (bicyclic) bond motifs is 9. The number of carbonyl (C=O) groups excluding carboxylic acids is 4. The Balaban J connectivity index is 1.82. The number of aliphatic hydroxyl groups is 2. The first kappa shape index (κ1) is 23.7. The molecule has 1 heterocycles. The summed E-state index contributed by atoms with van der Waals surface area (Å²) in [5.74, 6) is -4.36. The predicted octanol–water partition coefficient (Wildman–Crippen LogP) is 1.75. The summed E-state index contributed by atoms with van der Waals surface area (Å²) < 4.78 is 11.0. The van der Waals surface area contributed by atoms with Crippen LogP contribution in [0.1, 0.15) is 60.3 Å². The van der Waals surface area contributed by atoms with Crippen molar-refractivity contribution in [1.82, 2.24) is 0 Å². The Morgan fingerprint density at radius 2 is 1.68 bits per heavy atom. The monoisotopic (exact) mass is 474 g/mol. The van der Waals surface area contributed by atoms with Crippen molar-refractivity contribution in [3.8, 4) is 0 Å². The lowest BCUT2D eigenvalue weighted by Gasteiger charge is -2.71. The minimum atomic E-state index is -2.38. The van der Waals surface area contributed by atoms with Crippen molar-refractivity contribution in [2.45, 2.75) is 77.6 Å². The maximum atomic E-state index is 14.0. The fraction of sp³-hybridized carbons (Fsp3) is 0.769. The lowest BCUT2D eigenvalue weighted by atomic mass is 9.30. The third-order valence-corrected chi connectivity index (χ3v) is 11.0. The van der Waals surface area contributed by atoms with Crippen LogP contribution in [0.5, 0.6) is 0 Å². The third-order valence-electron chi connectivity index (χ3n) is 11.0. The summed E-state index contributed by atoms with van der Waals surface area (Å²) in [6.07, 6.45) is 0.396. The fourth-order valence-electron chi connectivity index (χ4n) is 9.41. The van der Waals surface area contributed by atoms with Crippen molar-refractivity contribution in [1.29, 1.82) is 0 Å². The van der Waals surface area contributed by atoms with Gasteiger partial charge in [0, 0.05) is 17.8 Å². The average molecular weight is 475 g/mol. The van der Waals surface area contributed by atoms with Crippen molar-refractivity contribution in [2.24, 2.45) is 39.4 Å². The van der Waals surface area contributed by atoms with Crippen LogP contribution in [0.25, 0.3) is 0 Å². The highest BCUT2D eigenvalue weighted by Gasteiger charge is 2.83. The highest BCUT2D eigenvalue weighted by Crippen LogP contribution is 2.77. The quantitative estimate of drug-likeness (QED) is 0.334. The zero-order chi connectivity index (χ0) is 25.4. The minimum Gasteiger partial charge on any atom is -0.468 e. The summed E-state index contributed by atoms with van der Waals surface area (Å²) in [7, 11) is 1.18. The second-order valence-corrected chi connectivity index (χ2v) is 12.4. The van der Waals surface area contributed by atoms with Gasteiger partial charge in [0.15, 0.2) is 22.6 Å². The molecule has 5 aliphatic rings. The Morgan fingerprint density at radius 3 is 2.26 bits per heavy atom. The maximum Gasteiger partial charge on any atom is 0.324 e. The number of aliphatic hydroxyl groups excluding tert-OH is 1. The van der Waals surface area contributed by atoms with Crippen LogP contribution in [0.3, 0.4) is 0 Å². The van der Waals surface area contributed by atoms with E-state index in [0.29, 0.717) is 19.3 Å². The Bertz CT molecular complexity index is 1070. The van der Waals surface area contributed by atoms with Crippen molar-refractivity contribution in [3.63, 3.8) is 0 Å². The molecule has 4 aliphatic carbocycles. The summed E-state index contributed by atoms with van der Waals surface area (Å²) in [4.78, 5) is 54.0. The Hall–Kier alpha value is -2.06. The molecule has 0 unspecified atom stereocenters. The van der Waals surface area contributed by atoms with Gasteiger partial charge in [0.25, 0.3) is 0 Å². The van der Waals surface area contributed by atoms with E-state index in [1.807, 2.05) is 20.8 Å². The van der Waals surface area contributed by atoms with Crippen LogP contribution < -0.4 is 0 Å². The molecule has 186 valence electrons. The molecule has 4 bridgehead atoms.